The Balaban J connectivity index is 2.24. The van der Waals surface area contributed by atoms with Gasteiger partial charge in [-0.2, -0.15) is 0 Å². The zero-order chi connectivity index (χ0) is 50.4. The Morgan fingerprint density at radius 1 is 0.507 bits per heavy atom. The summed E-state index contributed by atoms with van der Waals surface area (Å²) in [5.74, 6) is -0.712. The molecule has 0 aliphatic carbocycles. The summed E-state index contributed by atoms with van der Waals surface area (Å²) < 4.78 is 11.1. The molecular weight excluding hydrogens is 871 g/mol. The van der Waals surface area contributed by atoms with Crippen LogP contribution in [0.2, 0.25) is 0 Å². The quantitative estimate of drug-likeness (QED) is 0.0215. The highest BCUT2D eigenvalue weighted by molar-refractivity contribution is 5.80. The number of carbonyl (C=O) groups excluding carboxylic acids is 1. The van der Waals surface area contributed by atoms with Crippen LogP contribution < -0.4 is 5.32 Å². The molecule has 1 aliphatic heterocycles. The minimum absolute atomic E-state index is 0.245. The number of unbranched alkanes of at least 4 members (excludes halogenated alkanes) is 28. The number of carbonyl (C=O) groups is 1. The Morgan fingerprint density at radius 2 is 0.913 bits per heavy atom. The van der Waals surface area contributed by atoms with Crippen LogP contribution >= 0.6 is 0 Å². The summed E-state index contributed by atoms with van der Waals surface area (Å²) in [6, 6.07) is -1.19. The van der Waals surface area contributed by atoms with Crippen LogP contribution in [0.1, 0.15) is 245 Å². The maximum atomic E-state index is 13.1. The fraction of sp³-hybridized carbons (Fsp3) is 0.845. The van der Waals surface area contributed by atoms with E-state index in [0.29, 0.717) is 19.3 Å². The summed E-state index contributed by atoms with van der Waals surface area (Å²) in [4.78, 5) is 13.1. The SMILES string of the molecule is CCCCC/C=C/CC/C=C/CCCC(O)C(O)C(COC1OC(CO)C(O)C(O)C1O)NC(=O)C(O)CCCCCCCCCCCCCCCC/C=C\C/C=C\CCCCCCCCCCC. The van der Waals surface area contributed by atoms with Crippen LogP contribution in [-0.2, 0) is 14.3 Å². The molecule has 69 heavy (non-hydrogen) atoms. The Morgan fingerprint density at radius 3 is 1.41 bits per heavy atom. The van der Waals surface area contributed by atoms with Crippen molar-refractivity contribution in [3.63, 3.8) is 0 Å². The van der Waals surface area contributed by atoms with Gasteiger partial charge in [0.1, 0.15) is 36.6 Å². The maximum absolute atomic E-state index is 13.1. The lowest BCUT2D eigenvalue weighted by molar-refractivity contribution is -0.303. The number of hydrogen-bond acceptors (Lipinski definition) is 10. The van der Waals surface area contributed by atoms with Gasteiger partial charge in [-0.15, -0.1) is 0 Å². The van der Waals surface area contributed by atoms with E-state index in [2.05, 4.69) is 67.8 Å². The van der Waals surface area contributed by atoms with Crippen LogP contribution in [0.15, 0.2) is 48.6 Å². The molecule has 404 valence electrons. The number of rotatable bonds is 48. The fourth-order valence-electron chi connectivity index (χ4n) is 8.90. The summed E-state index contributed by atoms with van der Waals surface area (Å²) in [5, 5.41) is 75.8. The van der Waals surface area contributed by atoms with E-state index in [4.69, 9.17) is 9.47 Å². The van der Waals surface area contributed by atoms with Gasteiger partial charge in [0.15, 0.2) is 6.29 Å². The molecule has 1 rings (SSSR count). The summed E-state index contributed by atoms with van der Waals surface area (Å²) in [7, 11) is 0. The molecule has 1 aliphatic rings. The molecule has 9 atom stereocenters. The highest BCUT2D eigenvalue weighted by atomic mass is 16.7. The van der Waals surface area contributed by atoms with Gasteiger partial charge in [0.05, 0.1) is 25.4 Å². The van der Waals surface area contributed by atoms with Gasteiger partial charge in [-0.05, 0) is 83.5 Å². The minimum Gasteiger partial charge on any atom is -0.394 e. The number of hydrogen-bond donors (Lipinski definition) is 8. The summed E-state index contributed by atoms with van der Waals surface area (Å²) >= 11 is 0. The normalized spacial score (nSPS) is 20.7. The molecule has 0 aromatic carbocycles. The molecule has 0 aromatic rings. The van der Waals surface area contributed by atoms with Crippen molar-refractivity contribution in [3.05, 3.63) is 48.6 Å². The van der Waals surface area contributed by atoms with E-state index in [-0.39, 0.29) is 12.8 Å². The van der Waals surface area contributed by atoms with Crippen LogP contribution in [0.3, 0.4) is 0 Å². The first-order valence-corrected chi connectivity index (χ1v) is 28.5. The molecule has 11 nitrogen and oxygen atoms in total. The van der Waals surface area contributed by atoms with Gasteiger partial charge in [0.25, 0.3) is 0 Å². The molecule has 11 heteroatoms. The van der Waals surface area contributed by atoms with Gasteiger partial charge in [-0.25, -0.2) is 0 Å². The summed E-state index contributed by atoms with van der Waals surface area (Å²) in [6.07, 6.45) is 47.6. The molecule has 1 fully saturated rings. The molecule has 8 N–H and O–H groups in total. The molecule has 0 spiro atoms. The van der Waals surface area contributed by atoms with E-state index >= 15 is 0 Å². The second kappa shape index (κ2) is 47.1. The highest BCUT2D eigenvalue weighted by Crippen LogP contribution is 2.23. The molecule has 0 radical (unpaired) electrons. The van der Waals surface area contributed by atoms with Gasteiger partial charge < -0.3 is 50.5 Å². The third-order valence-electron chi connectivity index (χ3n) is 13.6. The topological polar surface area (TPSA) is 189 Å². The first kappa shape index (κ1) is 65.1. The average Bonchev–Trinajstić information content (AvgIpc) is 3.35. The lowest BCUT2D eigenvalue weighted by Gasteiger charge is -2.40. The molecule has 0 aromatic heterocycles. The lowest BCUT2D eigenvalue weighted by atomic mass is 9.98. The molecule has 1 saturated heterocycles. The number of nitrogens with one attached hydrogen (secondary N) is 1. The first-order chi connectivity index (χ1) is 33.7. The van der Waals surface area contributed by atoms with Crippen molar-refractivity contribution in [3.8, 4) is 0 Å². The lowest BCUT2D eigenvalue weighted by Crippen LogP contribution is -2.60. The number of ether oxygens (including phenoxy) is 2. The zero-order valence-electron chi connectivity index (χ0n) is 44.0. The van der Waals surface area contributed by atoms with Crippen LogP contribution in [0.4, 0.5) is 0 Å². The second-order valence-electron chi connectivity index (χ2n) is 20.0. The fourth-order valence-corrected chi connectivity index (χ4v) is 8.90. The van der Waals surface area contributed by atoms with Gasteiger partial charge >= 0.3 is 0 Å². The number of aliphatic hydroxyl groups excluding tert-OH is 7. The smallest absolute Gasteiger partial charge is 0.249 e. The van der Waals surface area contributed by atoms with Crippen molar-refractivity contribution >= 4 is 5.91 Å². The van der Waals surface area contributed by atoms with E-state index in [1.54, 1.807) is 0 Å². The largest absolute Gasteiger partial charge is 0.394 e. The number of aliphatic hydroxyl groups is 7. The van der Waals surface area contributed by atoms with Gasteiger partial charge in [-0.1, -0.05) is 210 Å². The van der Waals surface area contributed by atoms with Crippen LogP contribution in [0.25, 0.3) is 0 Å². The van der Waals surface area contributed by atoms with E-state index in [1.165, 1.54) is 154 Å². The van der Waals surface area contributed by atoms with E-state index < -0.39 is 74.2 Å². The van der Waals surface area contributed by atoms with Crippen molar-refractivity contribution in [1.29, 1.82) is 0 Å². The Hall–Kier alpha value is -1.93. The van der Waals surface area contributed by atoms with Gasteiger partial charge in [0.2, 0.25) is 5.91 Å². The standard InChI is InChI=1S/C58H107NO10/c1-3-5-7-9-11-13-15-17-18-19-20-21-22-23-24-25-26-27-28-29-30-31-32-33-34-36-38-40-42-44-46-51(62)57(67)59-49(48-68-58-56(66)55(65)54(64)52(47-60)69-58)53(63)50(61)45-43-41-39-37-35-16-14-12-10-8-6-4-2/h12,14,20-21,23-24,37,39,49-56,58,60-66H,3-11,13,15-19,22,25-36,38,40-48H2,1-2H3,(H,59,67)/b14-12+,21-20-,24-23-,39-37+. The average molecular weight is 978 g/mol. The van der Waals surface area contributed by atoms with E-state index in [9.17, 15) is 40.5 Å². The van der Waals surface area contributed by atoms with Crippen molar-refractivity contribution in [1.82, 2.24) is 5.32 Å². The minimum atomic E-state index is -1.67. The molecule has 1 heterocycles. The predicted octanol–water partition coefficient (Wildman–Crippen LogP) is 11.7. The second-order valence-corrected chi connectivity index (χ2v) is 20.0. The predicted molar refractivity (Wildman–Crippen MR) is 284 cm³/mol. The molecule has 0 bridgehead atoms. The van der Waals surface area contributed by atoms with Crippen molar-refractivity contribution in [2.75, 3.05) is 13.2 Å². The van der Waals surface area contributed by atoms with Crippen molar-refractivity contribution in [2.45, 2.75) is 300 Å². The molecule has 1 amide bonds. The van der Waals surface area contributed by atoms with E-state index in [0.717, 1.165) is 44.9 Å². The molecule has 0 saturated carbocycles. The number of amides is 1. The Bertz CT molecular complexity index is 1260. The van der Waals surface area contributed by atoms with Crippen LogP contribution in [0, 0.1) is 0 Å². The number of allylic oxidation sites excluding steroid dienone is 8. The third kappa shape index (κ3) is 35.8. The Labute approximate surface area is 421 Å². The van der Waals surface area contributed by atoms with Crippen molar-refractivity contribution < 1.29 is 50.0 Å². The van der Waals surface area contributed by atoms with Gasteiger partial charge in [0, 0.05) is 0 Å². The maximum Gasteiger partial charge on any atom is 0.249 e. The molecule has 9 unspecified atom stereocenters. The zero-order valence-corrected chi connectivity index (χ0v) is 44.0. The third-order valence-corrected chi connectivity index (χ3v) is 13.6. The first-order valence-electron chi connectivity index (χ1n) is 28.5. The monoisotopic (exact) mass is 978 g/mol. The van der Waals surface area contributed by atoms with E-state index in [1.807, 2.05) is 0 Å². The summed E-state index contributed by atoms with van der Waals surface area (Å²) in [6.45, 7) is 3.40. The van der Waals surface area contributed by atoms with Crippen molar-refractivity contribution in [2.24, 2.45) is 0 Å². The van der Waals surface area contributed by atoms with Gasteiger partial charge in [-0.3, -0.25) is 4.79 Å². The Kier molecular flexibility index (Phi) is 44.4. The highest BCUT2D eigenvalue weighted by Gasteiger charge is 2.44. The summed E-state index contributed by atoms with van der Waals surface area (Å²) in [5.41, 5.74) is 0. The molecular formula is C58H107NO10. The van der Waals surface area contributed by atoms with Crippen LogP contribution in [-0.4, -0.2) is 110 Å². The van der Waals surface area contributed by atoms with Crippen LogP contribution in [0.5, 0.6) is 0 Å².